The summed E-state index contributed by atoms with van der Waals surface area (Å²) in [4.78, 5) is 25.6. The number of carbonyl (C=O) groups excluding carboxylic acids is 2. The molecule has 2 heterocycles. The molecule has 0 fully saturated rings. The minimum atomic E-state index is -0.610. The smallest absolute Gasteiger partial charge is 0.299 e. The second-order valence-corrected chi connectivity index (χ2v) is 7.77. The van der Waals surface area contributed by atoms with E-state index < -0.39 is 17.5 Å². The first-order chi connectivity index (χ1) is 14.6. The van der Waals surface area contributed by atoms with Gasteiger partial charge >= 0.3 is 0 Å². The van der Waals surface area contributed by atoms with Crippen LogP contribution in [0.1, 0.15) is 60.5 Å². The zero-order valence-corrected chi connectivity index (χ0v) is 16.8. The second kappa shape index (κ2) is 9.15. The standard InChI is InChI=1S/C23H25FN4O2/c24-18-11-12-21-19(15-18)22(29)23(30)28(21)14-8-4-2-1-3-7-13-27-16-20(25-26-27)17-9-5-6-10-17/h5-6,9-12,15-17H,1-4,7-8,13-14H2. The lowest BCUT2D eigenvalue weighted by atomic mass is 10.1. The van der Waals surface area contributed by atoms with Crippen molar-refractivity contribution < 1.29 is 14.0 Å². The van der Waals surface area contributed by atoms with Gasteiger partial charge in [-0.1, -0.05) is 55.2 Å². The van der Waals surface area contributed by atoms with Crippen LogP contribution >= 0.6 is 0 Å². The van der Waals surface area contributed by atoms with Crippen molar-refractivity contribution in [3.05, 3.63) is 65.8 Å². The van der Waals surface area contributed by atoms with Crippen LogP contribution < -0.4 is 4.90 Å². The summed E-state index contributed by atoms with van der Waals surface area (Å²) in [6, 6.07) is 3.95. The first-order valence-corrected chi connectivity index (χ1v) is 10.5. The van der Waals surface area contributed by atoms with Crippen molar-refractivity contribution in [2.45, 2.75) is 51.0 Å². The predicted octanol–water partition coefficient (Wildman–Crippen LogP) is 4.20. The molecule has 6 nitrogen and oxygen atoms in total. The monoisotopic (exact) mass is 408 g/mol. The number of nitrogens with zero attached hydrogens (tertiary/aromatic N) is 4. The van der Waals surface area contributed by atoms with Crippen LogP contribution in [-0.2, 0) is 11.3 Å². The summed E-state index contributed by atoms with van der Waals surface area (Å²) in [6.07, 6.45) is 16.5. The van der Waals surface area contributed by atoms with Gasteiger partial charge in [0, 0.05) is 25.2 Å². The van der Waals surface area contributed by atoms with Crippen molar-refractivity contribution in [3.8, 4) is 0 Å². The molecule has 30 heavy (non-hydrogen) atoms. The molecular weight excluding hydrogens is 383 g/mol. The van der Waals surface area contributed by atoms with Crippen LogP contribution in [-0.4, -0.2) is 33.2 Å². The Bertz CT molecular complexity index is 983. The second-order valence-electron chi connectivity index (χ2n) is 7.77. The van der Waals surface area contributed by atoms with Crippen LogP contribution in [0.5, 0.6) is 0 Å². The molecule has 1 amide bonds. The van der Waals surface area contributed by atoms with E-state index in [1.165, 1.54) is 17.0 Å². The minimum absolute atomic E-state index is 0.177. The molecule has 156 valence electrons. The molecule has 0 spiro atoms. The van der Waals surface area contributed by atoms with Gasteiger partial charge in [0.05, 0.1) is 16.9 Å². The van der Waals surface area contributed by atoms with Gasteiger partial charge in [-0.2, -0.15) is 0 Å². The number of hydrogen-bond acceptors (Lipinski definition) is 4. The molecule has 0 saturated carbocycles. The van der Waals surface area contributed by atoms with E-state index in [2.05, 4.69) is 22.5 Å². The highest BCUT2D eigenvalue weighted by Gasteiger charge is 2.35. The van der Waals surface area contributed by atoms with Gasteiger partial charge < -0.3 is 4.90 Å². The van der Waals surface area contributed by atoms with E-state index in [0.717, 1.165) is 56.8 Å². The summed E-state index contributed by atoms with van der Waals surface area (Å²) >= 11 is 0. The molecule has 0 atom stereocenters. The molecule has 1 aromatic heterocycles. The van der Waals surface area contributed by atoms with Gasteiger partial charge in [0.1, 0.15) is 5.82 Å². The van der Waals surface area contributed by atoms with Crippen molar-refractivity contribution >= 4 is 17.4 Å². The molecule has 4 rings (SSSR count). The fourth-order valence-electron chi connectivity index (χ4n) is 3.95. The highest BCUT2D eigenvalue weighted by atomic mass is 19.1. The van der Waals surface area contributed by atoms with E-state index >= 15 is 0 Å². The van der Waals surface area contributed by atoms with Crippen LogP contribution in [0.25, 0.3) is 0 Å². The number of benzene rings is 1. The van der Waals surface area contributed by atoms with E-state index in [1.807, 2.05) is 23.0 Å². The fraction of sp³-hybridized carbons (Fsp3) is 0.391. The number of amides is 1. The maximum absolute atomic E-state index is 13.3. The topological polar surface area (TPSA) is 68.1 Å². The molecule has 2 aromatic rings. The van der Waals surface area contributed by atoms with Crippen molar-refractivity contribution in [2.75, 3.05) is 11.4 Å². The lowest BCUT2D eigenvalue weighted by molar-refractivity contribution is -0.114. The number of aryl methyl sites for hydroxylation is 1. The molecule has 0 saturated heterocycles. The quantitative estimate of drug-likeness (QED) is 0.437. The fourth-order valence-corrected chi connectivity index (χ4v) is 3.95. The Kier molecular flexibility index (Phi) is 6.16. The average Bonchev–Trinajstić information content (AvgIpc) is 3.47. The first-order valence-electron chi connectivity index (χ1n) is 10.5. The molecular formula is C23H25FN4O2. The Balaban J connectivity index is 1.12. The number of carbonyl (C=O) groups is 2. The number of hydrogen-bond donors (Lipinski definition) is 0. The van der Waals surface area contributed by atoms with Crippen molar-refractivity contribution in [2.24, 2.45) is 0 Å². The minimum Gasteiger partial charge on any atom is -0.305 e. The number of allylic oxidation sites excluding steroid dienone is 4. The van der Waals surface area contributed by atoms with Crippen LogP contribution in [0.3, 0.4) is 0 Å². The summed E-state index contributed by atoms with van der Waals surface area (Å²) in [5, 5.41) is 8.44. The van der Waals surface area contributed by atoms with Crippen molar-refractivity contribution in [1.82, 2.24) is 15.0 Å². The normalized spacial score (nSPS) is 15.6. The molecule has 2 aliphatic rings. The van der Waals surface area contributed by atoms with E-state index in [1.54, 1.807) is 0 Å². The molecule has 7 heteroatoms. The van der Waals surface area contributed by atoms with Crippen LogP contribution in [0.15, 0.2) is 48.7 Å². The molecule has 1 aromatic carbocycles. The largest absolute Gasteiger partial charge is 0.305 e. The Hall–Kier alpha value is -3.09. The van der Waals surface area contributed by atoms with Gasteiger partial charge in [0.15, 0.2) is 0 Å². The third-order valence-corrected chi connectivity index (χ3v) is 5.60. The summed E-state index contributed by atoms with van der Waals surface area (Å²) < 4.78 is 15.2. The Morgan fingerprint density at radius 3 is 2.40 bits per heavy atom. The maximum atomic E-state index is 13.3. The third-order valence-electron chi connectivity index (χ3n) is 5.60. The lowest BCUT2D eigenvalue weighted by Crippen LogP contribution is -2.30. The summed E-state index contributed by atoms with van der Waals surface area (Å²) in [5.41, 5.74) is 1.69. The molecule has 0 unspecified atom stereocenters. The van der Waals surface area contributed by atoms with Gasteiger partial charge in [-0.15, -0.1) is 5.10 Å². The Labute approximate surface area is 175 Å². The van der Waals surface area contributed by atoms with E-state index in [0.29, 0.717) is 12.2 Å². The number of rotatable bonds is 10. The third kappa shape index (κ3) is 4.40. The van der Waals surface area contributed by atoms with Crippen LogP contribution in [0, 0.1) is 5.82 Å². The first kappa shape index (κ1) is 20.2. The highest BCUT2D eigenvalue weighted by Crippen LogP contribution is 2.29. The molecule has 1 aliphatic heterocycles. The summed E-state index contributed by atoms with van der Waals surface area (Å²) in [5.74, 6) is -1.40. The number of Topliss-reactive ketones (excluding diaryl/α,β-unsaturated/α-hetero) is 1. The number of halogens is 1. The average molecular weight is 408 g/mol. The maximum Gasteiger partial charge on any atom is 0.299 e. The van der Waals surface area contributed by atoms with Gasteiger partial charge in [-0.05, 0) is 31.0 Å². The zero-order chi connectivity index (χ0) is 20.9. The number of ketones is 1. The molecule has 1 aliphatic carbocycles. The lowest BCUT2D eigenvalue weighted by Gasteiger charge is -2.16. The summed E-state index contributed by atoms with van der Waals surface area (Å²) in [7, 11) is 0. The summed E-state index contributed by atoms with van der Waals surface area (Å²) in [6.45, 7) is 1.36. The predicted molar refractivity (Wildman–Crippen MR) is 112 cm³/mol. The SMILES string of the molecule is O=C1C(=O)N(CCCCCCCCn2cc(C3C=CC=C3)nn2)c2ccc(F)cc21. The van der Waals surface area contributed by atoms with Crippen LogP contribution in [0.4, 0.5) is 10.1 Å². The van der Waals surface area contributed by atoms with Gasteiger partial charge in [0.25, 0.3) is 11.7 Å². The van der Waals surface area contributed by atoms with Crippen molar-refractivity contribution in [1.29, 1.82) is 0 Å². The van der Waals surface area contributed by atoms with Gasteiger partial charge in [-0.3, -0.25) is 14.3 Å². The molecule has 0 N–H and O–H groups in total. The van der Waals surface area contributed by atoms with E-state index in [4.69, 9.17) is 0 Å². The van der Waals surface area contributed by atoms with E-state index in [-0.39, 0.29) is 11.5 Å². The number of unbranched alkanes of at least 4 members (excludes halogenated alkanes) is 5. The van der Waals surface area contributed by atoms with E-state index in [9.17, 15) is 14.0 Å². The van der Waals surface area contributed by atoms with Crippen LogP contribution in [0.2, 0.25) is 0 Å². The number of anilines is 1. The number of fused-ring (bicyclic) bond motifs is 1. The Morgan fingerprint density at radius 2 is 1.63 bits per heavy atom. The van der Waals surface area contributed by atoms with Gasteiger partial charge in [0.2, 0.25) is 0 Å². The molecule has 0 radical (unpaired) electrons. The molecule has 0 bridgehead atoms. The number of aromatic nitrogens is 3. The van der Waals surface area contributed by atoms with Crippen molar-refractivity contribution in [3.63, 3.8) is 0 Å². The van der Waals surface area contributed by atoms with Gasteiger partial charge in [-0.25, -0.2) is 4.39 Å². The highest BCUT2D eigenvalue weighted by molar-refractivity contribution is 6.52. The zero-order valence-electron chi connectivity index (χ0n) is 16.8. The Morgan fingerprint density at radius 1 is 0.933 bits per heavy atom.